The molecule has 0 bridgehead atoms. The summed E-state index contributed by atoms with van der Waals surface area (Å²) in [5.74, 6) is 4.14. The first-order chi connectivity index (χ1) is 9.11. The Morgan fingerprint density at radius 1 is 1.37 bits per heavy atom. The van der Waals surface area contributed by atoms with E-state index < -0.39 is 0 Å². The lowest BCUT2D eigenvalue weighted by Crippen LogP contribution is -2.38. The Balaban J connectivity index is 2.26. The van der Waals surface area contributed by atoms with Crippen LogP contribution in [0.3, 0.4) is 0 Å². The highest BCUT2D eigenvalue weighted by atomic mass is 32.2. The van der Waals surface area contributed by atoms with Crippen LogP contribution in [-0.2, 0) is 0 Å². The Hall–Kier alpha value is -0.970. The van der Waals surface area contributed by atoms with E-state index in [1.54, 1.807) is 0 Å². The molecule has 1 aromatic heterocycles. The van der Waals surface area contributed by atoms with Crippen LogP contribution in [0.2, 0.25) is 0 Å². The van der Waals surface area contributed by atoms with Crippen LogP contribution in [0, 0.1) is 13.8 Å². The second-order valence-electron chi connectivity index (χ2n) is 5.12. The molecule has 0 amide bonds. The van der Waals surface area contributed by atoms with Gasteiger partial charge < -0.3 is 10.2 Å². The number of aromatic nitrogens is 2. The number of nitrogens with one attached hydrogen (secondary N) is 1. The normalized spacial score (nSPS) is 19.6. The summed E-state index contributed by atoms with van der Waals surface area (Å²) in [6, 6.07) is 0. The second kappa shape index (κ2) is 6.46. The fourth-order valence-electron chi connectivity index (χ4n) is 2.35. The van der Waals surface area contributed by atoms with E-state index in [4.69, 9.17) is 0 Å². The van der Waals surface area contributed by atoms with Crippen molar-refractivity contribution >= 4 is 23.4 Å². The van der Waals surface area contributed by atoms with Gasteiger partial charge in [-0.3, -0.25) is 0 Å². The molecule has 2 heterocycles. The molecule has 5 heteroatoms. The van der Waals surface area contributed by atoms with E-state index in [1.807, 2.05) is 18.7 Å². The maximum Gasteiger partial charge on any atom is 0.137 e. The number of nitrogens with zero attached hydrogens (tertiary/aromatic N) is 3. The second-order valence-corrected chi connectivity index (χ2v) is 6.67. The zero-order valence-corrected chi connectivity index (χ0v) is 13.2. The highest BCUT2D eigenvalue weighted by Crippen LogP contribution is 2.28. The summed E-state index contributed by atoms with van der Waals surface area (Å²) in [5, 5.41) is 4.09. The Bertz CT molecular complexity index is 436. The van der Waals surface area contributed by atoms with Gasteiger partial charge in [0.15, 0.2) is 0 Å². The van der Waals surface area contributed by atoms with Crippen LogP contribution < -0.4 is 10.2 Å². The van der Waals surface area contributed by atoms with Crippen LogP contribution >= 0.6 is 11.8 Å². The molecule has 19 heavy (non-hydrogen) atoms. The summed E-state index contributed by atoms with van der Waals surface area (Å²) in [6.07, 6.45) is 1.11. The first kappa shape index (κ1) is 14.4. The summed E-state index contributed by atoms with van der Waals surface area (Å²) >= 11 is 2.04. The topological polar surface area (TPSA) is 41.1 Å². The summed E-state index contributed by atoms with van der Waals surface area (Å²) in [6.45, 7) is 11.7. The lowest BCUT2D eigenvalue weighted by molar-refractivity contribution is 0.760. The van der Waals surface area contributed by atoms with Gasteiger partial charge in [0.25, 0.3) is 0 Å². The van der Waals surface area contributed by atoms with Gasteiger partial charge in [-0.15, -0.1) is 0 Å². The molecule has 1 atom stereocenters. The van der Waals surface area contributed by atoms with Crippen molar-refractivity contribution in [2.45, 2.75) is 39.4 Å². The molecular weight excluding hydrogens is 256 g/mol. The molecule has 106 valence electrons. The fourth-order valence-corrected chi connectivity index (χ4v) is 3.36. The number of hydrogen-bond donors (Lipinski definition) is 1. The van der Waals surface area contributed by atoms with Crippen LogP contribution in [0.1, 0.15) is 31.7 Å². The lowest BCUT2D eigenvalue weighted by Gasteiger charge is -2.33. The van der Waals surface area contributed by atoms with Crippen molar-refractivity contribution < 1.29 is 0 Å². The van der Waals surface area contributed by atoms with Gasteiger partial charge in [-0.1, -0.05) is 13.8 Å². The van der Waals surface area contributed by atoms with Crippen LogP contribution in [0.15, 0.2) is 0 Å². The molecule has 1 unspecified atom stereocenters. The minimum atomic E-state index is 0.676. The van der Waals surface area contributed by atoms with Gasteiger partial charge in [0, 0.05) is 36.2 Å². The molecule has 1 aliphatic heterocycles. The van der Waals surface area contributed by atoms with Crippen molar-refractivity contribution in [1.82, 2.24) is 9.97 Å². The van der Waals surface area contributed by atoms with Gasteiger partial charge in [-0.25, -0.2) is 9.97 Å². The Morgan fingerprint density at radius 2 is 2.16 bits per heavy atom. The van der Waals surface area contributed by atoms with E-state index >= 15 is 0 Å². The molecule has 1 aliphatic rings. The largest absolute Gasteiger partial charge is 0.370 e. The van der Waals surface area contributed by atoms with Crippen molar-refractivity contribution in [3.05, 3.63) is 11.4 Å². The number of hydrogen-bond acceptors (Lipinski definition) is 5. The van der Waals surface area contributed by atoms with Crippen LogP contribution in [0.25, 0.3) is 0 Å². The van der Waals surface area contributed by atoms with Crippen LogP contribution in [0.4, 0.5) is 11.6 Å². The Morgan fingerprint density at radius 3 is 2.84 bits per heavy atom. The predicted octanol–water partition coefficient (Wildman–Crippen LogP) is 2.86. The SMILES string of the molecule is CCCNc1nc(C)nc(N2CCSC(C)C2)c1C. The molecule has 1 saturated heterocycles. The Kier molecular flexibility index (Phi) is 4.91. The van der Waals surface area contributed by atoms with Gasteiger partial charge >= 0.3 is 0 Å². The Labute approximate surface area is 120 Å². The third-order valence-electron chi connectivity index (χ3n) is 3.31. The predicted molar refractivity (Wildman–Crippen MR) is 84.4 cm³/mol. The maximum absolute atomic E-state index is 4.67. The number of anilines is 2. The van der Waals surface area contributed by atoms with Gasteiger partial charge in [0.1, 0.15) is 17.5 Å². The third-order valence-corrected chi connectivity index (χ3v) is 4.45. The minimum Gasteiger partial charge on any atom is -0.370 e. The standard InChI is InChI=1S/C14H24N4S/c1-5-6-15-13-11(3)14(17-12(4)16-13)18-7-8-19-10(2)9-18/h10H,5-9H2,1-4H3,(H,15,16,17). The molecule has 0 aliphatic carbocycles. The highest BCUT2D eigenvalue weighted by Gasteiger charge is 2.21. The summed E-state index contributed by atoms with van der Waals surface area (Å²) in [7, 11) is 0. The molecule has 2 rings (SSSR count). The summed E-state index contributed by atoms with van der Waals surface area (Å²) in [5.41, 5.74) is 1.18. The average molecular weight is 280 g/mol. The van der Waals surface area contributed by atoms with Gasteiger partial charge in [-0.2, -0.15) is 11.8 Å². The summed E-state index contributed by atoms with van der Waals surface area (Å²) < 4.78 is 0. The molecule has 4 nitrogen and oxygen atoms in total. The van der Waals surface area contributed by atoms with Gasteiger partial charge in [0.2, 0.25) is 0 Å². The monoisotopic (exact) mass is 280 g/mol. The first-order valence-corrected chi connectivity index (χ1v) is 8.12. The van der Waals surface area contributed by atoms with E-state index in [1.165, 1.54) is 11.3 Å². The minimum absolute atomic E-state index is 0.676. The fraction of sp³-hybridized carbons (Fsp3) is 0.714. The molecule has 0 aromatic carbocycles. The molecule has 1 fully saturated rings. The van der Waals surface area contributed by atoms with Crippen molar-refractivity contribution in [2.24, 2.45) is 0 Å². The van der Waals surface area contributed by atoms with Gasteiger partial charge in [0.05, 0.1) is 0 Å². The van der Waals surface area contributed by atoms with Crippen LogP contribution in [0.5, 0.6) is 0 Å². The smallest absolute Gasteiger partial charge is 0.137 e. The highest BCUT2D eigenvalue weighted by molar-refractivity contribution is 8.00. The molecule has 0 radical (unpaired) electrons. The molecule has 1 N–H and O–H groups in total. The summed E-state index contributed by atoms with van der Waals surface area (Å²) in [4.78, 5) is 11.6. The number of rotatable bonds is 4. The maximum atomic E-state index is 4.67. The third kappa shape index (κ3) is 3.53. The zero-order chi connectivity index (χ0) is 13.8. The molecular formula is C14H24N4S. The van der Waals surface area contributed by atoms with Crippen LogP contribution in [-0.4, -0.2) is 40.6 Å². The number of aryl methyl sites for hydroxylation is 1. The molecule has 1 aromatic rings. The van der Waals surface area contributed by atoms with Crippen molar-refractivity contribution in [1.29, 1.82) is 0 Å². The average Bonchev–Trinajstić information content (AvgIpc) is 2.39. The van der Waals surface area contributed by atoms with Crippen molar-refractivity contribution in [2.75, 3.05) is 35.6 Å². The quantitative estimate of drug-likeness (QED) is 0.918. The number of thioether (sulfide) groups is 1. The van der Waals surface area contributed by atoms with Crippen molar-refractivity contribution in [3.63, 3.8) is 0 Å². The van der Waals surface area contributed by atoms with Gasteiger partial charge in [-0.05, 0) is 20.3 Å². The van der Waals surface area contributed by atoms with E-state index in [2.05, 4.69) is 41.0 Å². The van der Waals surface area contributed by atoms with E-state index in [0.717, 1.165) is 43.5 Å². The van der Waals surface area contributed by atoms with E-state index in [9.17, 15) is 0 Å². The zero-order valence-electron chi connectivity index (χ0n) is 12.4. The molecule has 0 saturated carbocycles. The van der Waals surface area contributed by atoms with E-state index in [0.29, 0.717) is 5.25 Å². The molecule has 0 spiro atoms. The van der Waals surface area contributed by atoms with E-state index in [-0.39, 0.29) is 0 Å². The lowest BCUT2D eigenvalue weighted by atomic mass is 10.2. The first-order valence-electron chi connectivity index (χ1n) is 7.07. The van der Waals surface area contributed by atoms with Crippen molar-refractivity contribution in [3.8, 4) is 0 Å².